The third-order valence-corrected chi connectivity index (χ3v) is 2.93. The molecule has 0 spiro atoms. The van der Waals surface area contributed by atoms with Gasteiger partial charge < -0.3 is 16.8 Å². The van der Waals surface area contributed by atoms with Crippen LogP contribution in [0.5, 0.6) is 0 Å². The lowest BCUT2D eigenvalue weighted by molar-refractivity contribution is 0.471. The molecule has 0 aromatic heterocycles. The normalized spacial score (nSPS) is 29.3. The molecule has 0 aromatic rings. The van der Waals surface area contributed by atoms with Gasteiger partial charge in [-0.15, -0.1) is 0 Å². The molecule has 0 heterocycles. The van der Waals surface area contributed by atoms with Crippen LogP contribution in [0.2, 0.25) is 0 Å². The second kappa shape index (κ2) is 6.45. The minimum absolute atomic E-state index is 0.392. The molecule has 5 N–H and O–H groups in total. The lowest BCUT2D eigenvalue weighted by Gasteiger charge is -2.16. The molecule has 4 heteroatoms. The fraction of sp³-hybridized carbons (Fsp3) is 0.727. The van der Waals surface area contributed by atoms with Crippen molar-refractivity contribution in [3.8, 4) is 0 Å². The molecular formula is C11H22N4. The number of hydrogen-bond acceptors (Lipinski definition) is 4. The maximum absolute atomic E-state index is 5.57. The molecule has 1 fully saturated rings. The minimum Gasteiger partial charge on any atom is -0.403 e. The van der Waals surface area contributed by atoms with E-state index in [1.54, 1.807) is 6.21 Å². The Balaban J connectivity index is 2.49. The van der Waals surface area contributed by atoms with E-state index in [2.05, 4.69) is 10.3 Å². The van der Waals surface area contributed by atoms with Gasteiger partial charge in [-0.25, -0.2) is 0 Å². The summed E-state index contributed by atoms with van der Waals surface area (Å²) < 4.78 is 0. The maximum atomic E-state index is 5.57. The largest absolute Gasteiger partial charge is 0.403 e. The summed E-state index contributed by atoms with van der Waals surface area (Å²) in [5.41, 5.74) is 11.4. The number of aliphatic imine (C=N–C) groups is 1. The first-order chi connectivity index (χ1) is 7.26. The van der Waals surface area contributed by atoms with Gasteiger partial charge in [0.05, 0.1) is 11.7 Å². The van der Waals surface area contributed by atoms with Gasteiger partial charge in [-0.3, -0.25) is 4.99 Å². The highest BCUT2D eigenvalue weighted by Gasteiger charge is 2.17. The lowest BCUT2D eigenvalue weighted by Crippen LogP contribution is -2.27. The van der Waals surface area contributed by atoms with E-state index in [4.69, 9.17) is 11.5 Å². The summed E-state index contributed by atoms with van der Waals surface area (Å²) in [4.78, 5) is 4.47. The van der Waals surface area contributed by atoms with Gasteiger partial charge in [0.1, 0.15) is 0 Å². The Bertz CT molecular complexity index is 235. The van der Waals surface area contributed by atoms with E-state index in [0.29, 0.717) is 17.8 Å². The SMILES string of the molecule is CNC1CCCCC(N=CC(N)=CN)C1. The summed E-state index contributed by atoms with van der Waals surface area (Å²) in [7, 11) is 2.02. The highest BCUT2D eigenvalue weighted by Crippen LogP contribution is 2.20. The van der Waals surface area contributed by atoms with E-state index in [1.165, 1.54) is 25.5 Å². The van der Waals surface area contributed by atoms with Crippen LogP contribution in [-0.2, 0) is 0 Å². The van der Waals surface area contributed by atoms with Crippen molar-refractivity contribution in [3.63, 3.8) is 0 Å². The first kappa shape index (κ1) is 12.0. The Morgan fingerprint density at radius 1 is 1.40 bits per heavy atom. The molecule has 0 saturated heterocycles. The van der Waals surface area contributed by atoms with Crippen molar-refractivity contribution < 1.29 is 0 Å². The molecule has 15 heavy (non-hydrogen) atoms. The summed E-state index contributed by atoms with van der Waals surface area (Å²) >= 11 is 0. The fourth-order valence-corrected chi connectivity index (χ4v) is 1.97. The average Bonchev–Trinajstić information content (AvgIpc) is 2.50. The molecule has 86 valence electrons. The van der Waals surface area contributed by atoms with Crippen LogP contribution in [-0.4, -0.2) is 25.3 Å². The number of hydrogen-bond donors (Lipinski definition) is 3. The standard InChI is InChI=1S/C11H22N4/c1-14-10-4-2-3-5-11(6-10)15-8-9(13)7-12/h7-8,10-11,14H,2-6,12-13H2,1H3. The molecular weight excluding hydrogens is 188 g/mol. The smallest absolute Gasteiger partial charge is 0.0653 e. The Kier molecular flexibility index (Phi) is 5.18. The van der Waals surface area contributed by atoms with E-state index in [1.807, 2.05) is 7.05 Å². The minimum atomic E-state index is 0.392. The topological polar surface area (TPSA) is 76.4 Å². The van der Waals surface area contributed by atoms with Crippen LogP contribution in [0.4, 0.5) is 0 Å². The molecule has 0 aromatic carbocycles. The molecule has 0 radical (unpaired) electrons. The Morgan fingerprint density at radius 2 is 2.13 bits per heavy atom. The van der Waals surface area contributed by atoms with Gasteiger partial charge in [0.2, 0.25) is 0 Å². The zero-order valence-corrected chi connectivity index (χ0v) is 9.45. The van der Waals surface area contributed by atoms with Gasteiger partial charge in [-0.1, -0.05) is 12.8 Å². The Hall–Kier alpha value is -1.03. The van der Waals surface area contributed by atoms with Crippen LogP contribution in [0.3, 0.4) is 0 Å². The lowest BCUT2D eigenvalue weighted by atomic mass is 10.1. The van der Waals surface area contributed by atoms with Crippen LogP contribution in [0.25, 0.3) is 0 Å². The zero-order valence-electron chi connectivity index (χ0n) is 9.45. The van der Waals surface area contributed by atoms with E-state index >= 15 is 0 Å². The second-order valence-corrected chi connectivity index (χ2v) is 4.10. The van der Waals surface area contributed by atoms with Crippen LogP contribution >= 0.6 is 0 Å². The molecule has 1 saturated carbocycles. The van der Waals surface area contributed by atoms with Crippen molar-refractivity contribution >= 4 is 6.21 Å². The van der Waals surface area contributed by atoms with E-state index < -0.39 is 0 Å². The van der Waals surface area contributed by atoms with Crippen molar-refractivity contribution in [2.45, 2.75) is 44.2 Å². The molecule has 0 bridgehead atoms. The summed E-state index contributed by atoms with van der Waals surface area (Å²) in [6, 6.07) is 0.987. The molecule has 1 aliphatic rings. The van der Waals surface area contributed by atoms with E-state index in [-0.39, 0.29) is 0 Å². The number of allylic oxidation sites excluding steroid dienone is 1. The number of nitrogens with zero attached hydrogens (tertiary/aromatic N) is 1. The van der Waals surface area contributed by atoms with Crippen molar-refractivity contribution in [2.24, 2.45) is 16.5 Å². The van der Waals surface area contributed by atoms with Crippen LogP contribution in [0.15, 0.2) is 16.9 Å². The highest BCUT2D eigenvalue weighted by molar-refractivity contribution is 5.77. The fourth-order valence-electron chi connectivity index (χ4n) is 1.97. The molecule has 1 aliphatic carbocycles. The van der Waals surface area contributed by atoms with Crippen molar-refractivity contribution in [2.75, 3.05) is 7.05 Å². The zero-order chi connectivity index (χ0) is 11.1. The molecule has 2 atom stereocenters. The monoisotopic (exact) mass is 210 g/mol. The molecule has 4 nitrogen and oxygen atoms in total. The molecule has 0 aliphatic heterocycles. The van der Waals surface area contributed by atoms with Crippen molar-refractivity contribution in [3.05, 3.63) is 11.9 Å². The van der Waals surface area contributed by atoms with Crippen LogP contribution in [0, 0.1) is 0 Å². The predicted octanol–water partition coefficient (Wildman–Crippen LogP) is 0.737. The summed E-state index contributed by atoms with van der Waals surface area (Å²) in [5.74, 6) is 0. The third-order valence-electron chi connectivity index (χ3n) is 2.93. The summed E-state index contributed by atoms with van der Waals surface area (Å²) in [5, 5.41) is 3.33. The highest BCUT2D eigenvalue weighted by atomic mass is 14.9. The number of nitrogens with one attached hydrogen (secondary N) is 1. The summed E-state index contributed by atoms with van der Waals surface area (Å²) in [6.07, 6.45) is 9.13. The third kappa shape index (κ3) is 4.34. The van der Waals surface area contributed by atoms with Gasteiger partial charge in [-0.05, 0) is 26.3 Å². The van der Waals surface area contributed by atoms with Gasteiger partial charge >= 0.3 is 0 Å². The maximum Gasteiger partial charge on any atom is 0.0653 e. The Labute approximate surface area is 91.8 Å². The van der Waals surface area contributed by atoms with Crippen molar-refractivity contribution in [1.29, 1.82) is 0 Å². The quantitative estimate of drug-likeness (QED) is 0.475. The Morgan fingerprint density at radius 3 is 2.80 bits per heavy atom. The molecule has 0 amide bonds. The molecule has 1 rings (SSSR count). The van der Waals surface area contributed by atoms with Crippen molar-refractivity contribution in [1.82, 2.24) is 5.32 Å². The van der Waals surface area contributed by atoms with Gasteiger partial charge in [0, 0.05) is 18.5 Å². The average molecular weight is 210 g/mol. The van der Waals surface area contributed by atoms with Gasteiger partial charge in [0.25, 0.3) is 0 Å². The summed E-state index contributed by atoms with van der Waals surface area (Å²) in [6.45, 7) is 0. The van der Waals surface area contributed by atoms with Gasteiger partial charge in [-0.2, -0.15) is 0 Å². The number of nitrogens with two attached hydrogens (primary N) is 2. The number of rotatable bonds is 3. The van der Waals surface area contributed by atoms with Crippen LogP contribution < -0.4 is 16.8 Å². The van der Waals surface area contributed by atoms with Crippen LogP contribution in [0.1, 0.15) is 32.1 Å². The second-order valence-electron chi connectivity index (χ2n) is 4.10. The molecule has 2 unspecified atom stereocenters. The first-order valence-electron chi connectivity index (χ1n) is 5.64. The van der Waals surface area contributed by atoms with Gasteiger partial charge in [0.15, 0.2) is 0 Å². The predicted molar refractivity (Wildman–Crippen MR) is 64.7 cm³/mol. The van der Waals surface area contributed by atoms with E-state index in [0.717, 1.165) is 12.8 Å². The van der Waals surface area contributed by atoms with E-state index in [9.17, 15) is 0 Å². The first-order valence-corrected chi connectivity index (χ1v) is 5.64.